The van der Waals surface area contributed by atoms with Crippen LogP contribution in [0.3, 0.4) is 0 Å². The van der Waals surface area contributed by atoms with Crippen LogP contribution in [-0.4, -0.2) is 37.6 Å². The van der Waals surface area contributed by atoms with Gasteiger partial charge in [0.2, 0.25) is 0 Å². The van der Waals surface area contributed by atoms with Crippen molar-refractivity contribution in [2.45, 2.75) is 6.54 Å². The van der Waals surface area contributed by atoms with Crippen LogP contribution in [0.1, 0.15) is 5.56 Å². The number of hydrogen-bond acceptors (Lipinski definition) is 4. The summed E-state index contributed by atoms with van der Waals surface area (Å²) in [6, 6.07) is 8.00. The van der Waals surface area contributed by atoms with E-state index < -0.39 is 0 Å². The van der Waals surface area contributed by atoms with Gasteiger partial charge in [0, 0.05) is 26.2 Å². The highest BCUT2D eigenvalue weighted by Gasteiger charge is 2.14. The van der Waals surface area contributed by atoms with Gasteiger partial charge in [-0.3, -0.25) is 4.90 Å². The Morgan fingerprint density at radius 2 is 2.18 bits per heavy atom. The molecule has 0 bridgehead atoms. The second kappa shape index (κ2) is 5.53. The number of benzene rings is 1. The van der Waals surface area contributed by atoms with Crippen LogP contribution in [0, 0.1) is 0 Å². The topological polar surface area (TPSA) is 41.6 Å². The van der Waals surface area contributed by atoms with Gasteiger partial charge in [-0.2, -0.15) is 0 Å². The van der Waals surface area contributed by atoms with Gasteiger partial charge in [-0.25, -0.2) is 4.79 Å². The molecular formula is C13H16N2O2. The van der Waals surface area contributed by atoms with Gasteiger partial charge in [0.25, 0.3) is 0 Å². The highest BCUT2D eigenvalue weighted by atomic mass is 16.5. The van der Waals surface area contributed by atoms with E-state index in [1.165, 1.54) is 5.56 Å². The number of rotatable bonds is 3. The van der Waals surface area contributed by atoms with Crippen LogP contribution >= 0.6 is 0 Å². The molecule has 0 saturated carbocycles. The van der Waals surface area contributed by atoms with Crippen molar-refractivity contribution in [3.8, 4) is 5.75 Å². The Kier molecular flexibility index (Phi) is 3.81. The molecular weight excluding hydrogens is 216 g/mol. The van der Waals surface area contributed by atoms with Gasteiger partial charge in [0.05, 0.1) is 7.11 Å². The maximum absolute atomic E-state index is 10.6. The lowest BCUT2D eigenvalue weighted by molar-refractivity contribution is 0.260. The average Bonchev–Trinajstić information content (AvgIpc) is 2.40. The maximum Gasteiger partial charge on any atom is 0.146 e. The summed E-state index contributed by atoms with van der Waals surface area (Å²) in [6.45, 7) is 3.24. The molecule has 0 aromatic heterocycles. The molecule has 1 N–H and O–H groups in total. The largest absolute Gasteiger partial charge is 0.497 e. The summed E-state index contributed by atoms with van der Waals surface area (Å²) < 4.78 is 5.11. The lowest BCUT2D eigenvalue weighted by atomic mass is 10.2. The third-order valence-corrected chi connectivity index (χ3v) is 2.84. The number of methoxy groups -OCH3 is 1. The zero-order chi connectivity index (χ0) is 12.1. The molecule has 1 aliphatic heterocycles. The van der Waals surface area contributed by atoms with Crippen molar-refractivity contribution < 1.29 is 9.53 Å². The highest BCUT2D eigenvalue weighted by molar-refractivity contribution is 5.52. The summed E-state index contributed by atoms with van der Waals surface area (Å²) in [5.74, 6) is 2.80. The quantitative estimate of drug-likeness (QED) is 0.783. The predicted octanol–water partition coefficient (Wildman–Crippen LogP) is 0.816. The van der Waals surface area contributed by atoms with Crippen LogP contribution in [-0.2, 0) is 11.3 Å². The van der Waals surface area contributed by atoms with E-state index in [0.29, 0.717) is 12.2 Å². The Hall–Kier alpha value is -1.77. The molecule has 0 atom stereocenters. The maximum atomic E-state index is 10.6. The van der Waals surface area contributed by atoms with E-state index >= 15 is 0 Å². The van der Waals surface area contributed by atoms with E-state index in [1.807, 2.05) is 30.2 Å². The number of ether oxygens (including phenoxy) is 1. The Morgan fingerprint density at radius 3 is 2.82 bits per heavy atom. The first kappa shape index (κ1) is 11.7. The molecule has 0 unspecified atom stereocenters. The molecule has 0 radical (unpaired) electrons. The molecule has 2 rings (SSSR count). The highest BCUT2D eigenvalue weighted by Crippen LogP contribution is 2.13. The minimum absolute atomic E-state index is 0.643. The molecule has 0 aliphatic carbocycles. The molecule has 1 aromatic carbocycles. The summed E-state index contributed by atoms with van der Waals surface area (Å²) >= 11 is 0. The van der Waals surface area contributed by atoms with E-state index in [2.05, 4.69) is 10.2 Å². The van der Waals surface area contributed by atoms with Crippen molar-refractivity contribution in [3.05, 3.63) is 35.5 Å². The fraction of sp³-hybridized carbons (Fsp3) is 0.385. The number of hydrogen-bond donors (Lipinski definition) is 1. The van der Waals surface area contributed by atoms with Crippen LogP contribution in [0.15, 0.2) is 30.0 Å². The molecule has 90 valence electrons. The van der Waals surface area contributed by atoms with Crippen molar-refractivity contribution >= 4 is 5.94 Å². The number of nitrogens with zero attached hydrogens (tertiary/aromatic N) is 1. The smallest absolute Gasteiger partial charge is 0.146 e. The van der Waals surface area contributed by atoms with E-state index in [-0.39, 0.29) is 0 Å². The van der Waals surface area contributed by atoms with Crippen LogP contribution < -0.4 is 10.1 Å². The number of nitrogens with one attached hydrogen (secondary N) is 1. The summed E-state index contributed by atoms with van der Waals surface area (Å²) in [5.41, 5.74) is 1.86. The van der Waals surface area contributed by atoms with Gasteiger partial charge in [-0.1, -0.05) is 12.1 Å². The lowest BCUT2D eigenvalue weighted by Gasteiger charge is -2.28. The molecule has 4 heteroatoms. The van der Waals surface area contributed by atoms with Gasteiger partial charge in [-0.05, 0) is 17.7 Å². The van der Waals surface area contributed by atoms with Crippen LogP contribution in [0.2, 0.25) is 0 Å². The molecule has 1 aliphatic rings. The number of carbonyl (C=O) groups excluding carboxylic acids is 1. The van der Waals surface area contributed by atoms with Crippen LogP contribution in [0.25, 0.3) is 0 Å². The molecule has 1 heterocycles. The molecule has 1 saturated heterocycles. The zero-order valence-electron chi connectivity index (χ0n) is 9.90. The van der Waals surface area contributed by atoms with Gasteiger partial charge in [0.15, 0.2) is 0 Å². The Bertz CT molecular complexity index is 422. The second-order valence-electron chi connectivity index (χ2n) is 4.07. The Morgan fingerprint density at radius 1 is 1.41 bits per heavy atom. The van der Waals surface area contributed by atoms with Gasteiger partial charge < -0.3 is 10.1 Å². The third-order valence-electron chi connectivity index (χ3n) is 2.84. The molecule has 4 nitrogen and oxygen atoms in total. The minimum Gasteiger partial charge on any atom is -0.497 e. The van der Waals surface area contributed by atoms with Crippen molar-refractivity contribution in [1.82, 2.24) is 10.2 Å². The number of piperazine rings is 1. The average molecular weight is 232 g/mol. The fourth-order valence-electron chi connectivity index (χ4n) is 1.92. The molecule has 17 heavy (non-hydrogen) atoms. The fourth-order valence-corrected chi connectivity index (χ4v) is 1.92. The summed E-state index contributed by atoms with van der Waals surface area (Å²) in [7, 11) is 1.66. The van der Waals surface area contributed by atoms with E-state index in [0.717, 1.165) is 25.4 Å². The first-order valence-electron chi connectivity index (χ1n) is 5.65. The van der Waals surface area contributed by atoms with Crippen molar-refractivity contribution in [2.24, 2.45) is 0 Å². The molecule has 0 amide bonds. The van der Waals surface area contributed by atoms with E-state index in [1.54, 1.807) is 7.11 Å². The van der Waals surface area contributed by atoms with E-state index in [9.17, 15) is 4.79 Å². The summed E-state index contributed by atoms with van der Waals surface area (Å²) in [6.07, 6.45) is 0. The molecule has 0 spiro atoms. The van der Waals surface area contributed by atoms with E-state index in [4.69, 9.17) is 4.74 Å². The normalized spacial score (nSPS) is 16.2. The van der Waals surface area contributed by atoms with Gasteiger partial charge in [0.1, 0.15) is 17.4 Å². The zero-order valence-corrected chi connectivity index (χ0v) is 9.90. The second-order valence-corrected chi connectivity index (χ2v) is 4.07. The predicted molar refractivity (Wildman–Crippen MR) is 65.5 cm³/mol. The lowest BCUT2D eigenvalue weighted by Crippen LogP contribution is -2.41. The van der Waals surface area contributed by atoms with Gasteiger partial charge in [-0.15, -0.1) is 0 Å². The van der Waals surface area contributed by atoms with Gasteiger partial charge >= 0.3 is 0 Å². The summed E-state index contributed by atoms with van der Waals surface area (Å²) in [5, 5.41) is 3.03. The van der Waals surface area contributed by atoms with Crippen molar-refractivity contribution in [3.63, 3.8) is 0 Å². The van der Waals surface area contributed by atoms with Crippen molar-refractivity contribution in [2.75, 3.05) is 26.7 Å². The monoisotopic (exact) mass is 232 g/mol. The molecule has 1 aromatic rings. The molecule has 1 fully saturated rings. The van der Waals surface area contributed by atoms with Crippen molar-refractivity contribution in [1.29, 1.82) is 0 Å². The van der Waals surface area contributed by atoms with Crippen LogP contribution in [0.4, 0.5) is 0 Å². The third kappa shape index (κ3) is 3.09. The standard InChI is InChI=1S/C13H16N2O2/c1-17-13-4-2-11(3-5-13)8-15-7-6-14-12(9-15)10-16/h2-5,14H,6-9H2,1H3. The Labute approximate surface area is 101 Å². The van der Waals surface area contributed by atoms with Crippen LogP contribution in [0.5, 0.6) is 5.75 Å². The minimum atomic E-state index is 0.643. The Balaban J connectivity index is 1.97. The SMILES string of the molecule is COc1ccc(CN2CCNC(=C=O)C2)cc1. The first-order chi connectivity index (χ1) is 8.31. The first-order valence-corrected chi connectivity index (χ1v) is 5.65. The summed E-state index contributed by atoms with van der Waals surface area (Å²) in [4.78, 5) is 12.8.